The second-order valence-corrected chi connectivity index (χ2v) is 5.61. The van der Waals surface area contributed by atoms with Crippen LogP contribution in [0.5, 0.6) is 0 Å². The maximum absolute atomic E-state index is 13.2. The molecule has 1 saturated heterocycles. The SMILES string of the molecule is O=C(c1ccccc1)N1CCN(C(=O)c2cc(F)cc(F)c2)CC1. The maximum Gasteiger partial charge on any atom is 0.254 e. The Balaban J connectivity index is 1.64. The number of hydrogen-bond acceptors (Lipinski definition) is 2. The first-order valence-electron chi connectivity index (χ1n) is 7.64. The molecular formula is C18H16F2N2O2. The van der Waals surface area contributed by atoms with E-state index in [1.165, 1.54) is 4.90 Å². The molecule has 24 heavy (non-hydrogen) atoms. The summed E-state index contributed by atoms with van der Waals surface area (Å²) in [7, 11) is 0. The van der Waals surface area contributed by atoms with E-state index in [0.29, 0.717) is 31.7 Å². The Morgan fingerprint density at radius 3 is 1.67 bits per heavy atom. The molecule has 0 N–H and O–H groups in total. The van der Waals surface area contributed by atoms with Crippen LogP contribution in [0.4, 0.5) is 8.78 Å². The summed E-state index contributed by atoms with van der Waals surface area (Å²) in [4.78, 5) is 27.9. The summed E-state index contributed by atoms with van der Waals surface area (Å²) in [6.45, 7) is 1.43. The van der Waals surface area contributed by atoms with Gasteiger partial charge in [-0.3, -0.25) is 9.59 Å². The van der Waals surface area contributed by atoms with Crippen molar-refractivity contribution < 1.29 is 18.4 Å². The van der Waals surface area contributed by atoms with Crippen LogP contribution in [-0.2, 0) is 0 Å². The molecule has 0 aliphatic carbocycles. The predicted molar refractivity (Wildman–Crippen MR) is 84.6 cm³/mol. The van der Waals surface area contributed by atoms with Crippen molar-refractivity contribution in [2.24, 2.45) is 0 Å². The third-order valence-corrected chi connectivity index (χ3v) is 3.98. The lowest BCUT2D eigenvalue weighted by Gasteiger charge is -2.34. The molecule has 0 spiro atoms. The summed E-state index contributed by atoms with van der Waals surface area (Å²) >= 11 is 0. The van der Waals surface area contributed by atoms with Gasteiger partial charge in [-0.15, -0.1) is 0 Å². The predicted octanol–water partition coefficient (Wildman–Crippen LogP) is 2.56. The molecule has 1 fully saturated rings. The standard InChI is InChI=1S/C18H16F2N2O2/c19-15-10-14(11-16(20)12-15)18(24)22-8-6-21(7-9-22)17(23)13-4-2-1-3-5-13/h1-5,10-12H,6-9H2. The van der Waals surface area contributed by atoms with E-state index in [9.17, 15) is 18.4 Å². The zero-order valence-corrected chi connectivity index (χ0v) is 12.9. The van der Waals surface area contributed by atoms with E-state index in [2.05, 4.69) is 0 Å². The number of nitrogens with zero attached hydrogens (tertiary/aromatic N) is 2. The van der Waals surface area contributed by atoms with Crippen LogP contribution in [-0.4, -0.2) is 47.8 Å². The quantitative estimate of drug-likeness (QED) is 0.849. The van der Waals surface area contributed by atoms with Crippen LogP contribution < -0.4 is 0 Å². The molecule has 0 bridgehead atoms. The summed E-state index contributed by atoms with van der Waals surface area (Å²) in [5, 5.41) is 0. The van der Waals surface area contributed by atoms with Gasteiger partial charge in [0.15, 0.2) is 0 Å². The minimum Gasteiger partial charge on any atom is -0.335 e. The highest BCUT2D eigenvalue weighted by atomic mass is 19.1. The van der Waals surface area contributed by atoms with Crippen molar-refractivity contribution in [1.82, 2.24) is 9.80 Å². The molecule has 2 aromatic carbocycles. The zero-order valence-electron chi connectivity index (χ0n) is 12.9. The molecule has 3 rings (SSSR count). The molecular weight excluding hydrogens is 314 g/mol. The molecule has 1 aliphatic heterocycles. The van der Waals surface area contributed by atoms with E-state index < -0.39 is 17.5 Å². The van der Waals surface area contributed by atoms with Gasteiger partial charge in [-0.2, -0.15) is 0 Å². The molecule has 0 radical (unpaired) electrons. The normalized spacial score (nSPS) is 14.6. The van der Waals surface area contributed by atoms with Gasteiger partial charge in [0.25, 0.3) is 11.8 Å². The van der Waals surface area contributed by atoms with Crippen LogP contribution in [0.2, 0.25) is 0 Å². The number of halogens is 2. The fourth-order valence-electron chi connectivity index (χ4n) is 2.74. The van der Waals surface area contributed by atoms with Crippen molar-refractivity contribution in [3.63, 3.8) is 0 Å². The van der Waals surface area contributed by atoms with Crippen LogP contribution in [0.25, 0.3) is 0 Å². The van der Waals surface area contributed by atoms with Crippen molar-refractivity contribution in [2.45, 2.75) is 0 Å². The van der Waals surface area contributed by atoms with Crippen LogP contribution in [0.1, 0.15) is 20.7 Å². The van der Waals surface area contributed by atoms with Gasteiger partial charge in [0.05, 0.1) is 0 Å². The topological polar surface area (TPSA) is 40.6 Å². The summed E-state index contributed by atoms with van der Waals surface area (Å²) in [6, 6.07) is 11.7. The monoisotopic (exact) mass is 330 g/mol. The number of rotatable bonds is 2. The first-order valence-corrected chi connectivity index (χ1v) is 7.64. The fraction of sp³-hybridized carbons (Fsp3) is 0.222. The Morgan fingerprint density at radius 2 is 1.17 bits per heavy atom. The van der Waals surface area contributed by atoms with E-state index >= 15 is 0 Å². The minimum absolute atomic E-state index is 0.0182. The van der Waals surface area contributed by atoms with Crippen molar-refractivity contribution in [3.05, 3.63) is 71.3 Å². The van der Waals surface area contributed by atoms with Crippen LogP contribution in [0.15, 0.2) is 48.5 Å². The third kappa shape index (κ3) is 3.42. The molecule has 124 valence electrons. The van der Waals surface area contributed by atoms with E-state index in [1.54, 1.807) is 29.2 Å². The molecule has 2 amide bonds. The van der Waals surface area contributed by atoms with Gasteiger partial charge in [-0.25, -0.2) is 8.78 Å². The molecule has 4 nitrogen and oxygen atoms in total. The fourth-order valence-corrected chi connectivity index (χ4v) is 2.74. The van der Waals surface area contributed by atoms with E-state index in [1.807, 2.05) is 6.07 Å². The second kappa shape index (κ2) is 6.78. The highest BCUT2D eigenvalue weighted by Crippen LogP contribution is 2.14. The van der Waals surface area contributed by atoms with Crippen LogP contribution >= 0.6 is 0 Å². The smallest absolute Gasteiger partial charge is 0.254 e. The number of piperazine rings is 1. The summed E-state index contributed by atoms with van der Waals surface area (Å²) < 4.78 is 26.5. The Bertz CT molecular complexity index is 737. The lowest BCUT2D eigenvalue weighted by atomic mass is 10.1. The second-order valence-electron chi connectivity index (χ2n) is 5.61. The molecule has 0 unspecified atom stereocenters. The highest BCUT2D eigenvalue weighted by molar-refractivity contribution is 5.96. The molecule has 0 saturated carbocycles. The number of carbonyl (C=O) groups is 2. The van der Waals surface area contributed by atoms with Crippen molar-refractivity contribution in [1.29, 1.82) is 0 Å². The zero-order chi connectivity index (χ0) is 17.1. The first-order chi connectivity index (χ1) is 11.5. The van der Waals surface area contributed by atoms with Gasteiger partial charge in [0.2, 0.25) is 0 Å². The molecule has 0 atom stereocenters. The Morgan fingerprint density at radius 1 is 0.708 bits per heavy atom. The van der Waals surface area contributed by atoms with Crippen molar-refractivity contribution in [3.8, 4) is 0 Å². The van der Waals surface area contributed by atoms with E-state index in [4.69, 9.17) is 0 Å². The van der Waals surface area contributed by atoms with Gasteiger partial charge in [-0.1, -0.05) is 18.2 Å². The summed E-state index contributed by atoms with van der Waals surface area (Å²) in [6.07, 6.45) is 0. The number of hydrogen-bond donors (Lipinski definition) is 0. The van der Waals surface area contributed by atoms with E-state index in [-0.39, 0.29) is 11.5 Å². The van der Waals surface area contributed by atoms with E-state index in [0.717, 1.165) is 18.2 Å². The van der Waals surface area contributed by atoms with Gasteiger partial charge in [0, 0.05) is 43.4 Å². The van der Waals surface area contributed by atoms with Gasteiger partial charge >= 0.3 is 0 Å². The molecule has 2 aromatic rings. The minimum atomic E-state index is -0.781. The highest BCUT2D eigenvalue weighted by Gasteiger charge is 2.25. The Kier molecular flexibility index (Phi) is 4.55. The number of amides is 2. The maximum atomic E-state index is 13.2. The molecule has 1 heterocycles. The summed E-state index contributed by atoms with van der Waals surface area (Å²) in [5.41, 5.74) is 0.583. The van der Waals surface area contributed by atoms with Crippen LogP contribution in [0.3, 0.4) is 0 Å². The lowest BCUT2D eigenvalue weighted by Crippen LogP contribution is -2.50. The molecule has 1 aliphatic rings. The average Bonchev–Trinajstić information content (AvgIpc) is 2.60. The summed E-state index contributed by atoms with van der Waals surface area (Å²) in [5.74, 6) is -2.08. The number of benzene rings is 2. The van der Waals surface area contributed by atoms with Crippen LogP contribution in [0, 0.1) is 11.6 Å². The van der Waals surface area contributed by atoms with Gasteiger partial charge in [-0.05, 0) is 24.3 Å². The lowest BCUT2D eigenvalue weighted by molar-refractivity contribution is 0.0535. The van der Waals surface area contributed by atoms with Gasteiger partial charge < -0.3 is 9.80 Å². The number of carbonyl (C=O) groups excluding carboxylic acids is 2. The van der Waals surface area contributed by atoms with Gasteiger partial charge in [0.1, 0.15) is 11.6 Å². The largest absolute Gasteiger partial charge is 0.335 e. The van der Waals surface area contributed by atoms with Crippen molar-refractivity contribution >= 4 is 11.8 Å². The first kappa shape index (κ1) is 16.1. The van der Waals surface area contributed by atoms with Crippen molar-refractivity contribution in [2.75, 3.05) is 26.2 Å². The Hall–Kier alpha value is -2.76. The third-order valence-electron chi connectivity index (χ3n) is 3.98. The average molecular weight is 330 g/mol. The molecule has 6 heteroatoms. The molecule has 0 aromatic heterocycles. The Labute approximate surface area is 138 Å².